The lowest BCUT2D eigenvalue weighted by Gasteiger charge is -2.15. The van der Waals surface area contributed by atoms with Crippen LogP contribution in [0.1, 0.15) is 36.8 Å². The Hall–Kier alpha value is -0.980. The second-order valence-corrected chi connectivity index (χ2v) is 6.64. The molecule has 1 aliphatic rings. The van der Waals surface area contributed by atoms with Crippen molar-refractivity contribution in [3.8, 4) is 0 Å². The van der Waals surface area contributed by atoms with Gasteiger partial charge in [0.05, 0.1) is 11.5 Å². The van der Waals surface area contributed by atoms with E-state index in [1.807, 2.05) is 0 Å². The van der Waals surface area contributed by atoms with Crippen LogP contribution >= 0.6 is 0 Å². The summed E-state index contributed by atoms with van der Waals surface area (Å²) in [6, 6.07) is 2.42. The lowest BCUT2D eigenvalue weighted by Crippen LogP contribution is -2.33. The van der Waals surface area contributed by atoms with Crippen molar-refractivity contribution in [2.45, 2.75) is 50.2 Å². The van der Waals surface area contributed by atoms with Crippen LogP contribution in [-0.4, -0.2) is 19.6 Å². The van der Waals surface area contributed by atoms with Crippen LogP contribution in [-0.2, 0) is 16.6 Å². The van der Waals surface area contributed by atoms with Crippen molar-refractivity contribution in [2.75, 3.05) is 0 Å². The largest absolute Gasteiger partial charge is 0.392 e. The highest BCUT2D eigenvalue weighted by Gasteiger charge is 2.25. The average molecular weight is 287 g/mol. The highest BCUT2D eigenvalue weighted by Crippen LogP contribution is 2.24. The molecule has 0 aromatic heterocycles. The quantitative estimate of drug-likeness (QED) is 0.888. The summed E-state index contributed by atoms with van der Waals surface area (Å²) in [5, 5.41) is 9.05. The zero-order valence-electron chi connectivity index (χ0n) is 10.8. The van der Waals surface area contributed by atoms with E-state index >= 15 is 0 Å². The van der Waals surface area contributed by atoms with Crippen molar-refractivity contribution in [1.82, 2.24) is 4.72 Å². The van der Waals surface area contributed by atoms with Crippen LogP contribution in [0.4, 0.5) is 4.39 Å². The van der Waals surface area contributed by atoms with Crippen LogP contribution in [0.15, 0.2) is 17.0 Å². The van der Waals surface area contributed by atoms with E-state index in [9.17, 15) is 12.8 Å². The summed E-state index contributed by atoms with van der Waals surface area (Å²) >= 11 is 0. The van der Waals surface area contributed by atoms with E-state index in [1.165, 1.54) is 13.0 Å². The predicted octanol–water partition coefficient (Wildman–Crippen LogP) is 1.85. The molecule has 0 saturated heterocycles. The fraction of sp³-hybridized carbons (Fsp3) is 0.538. The molecule has 0 amide bonds. The molecule has 1 fully saturated rings. The van der Waals surface area contributed by atoms with Crippen LogP contribution in [0.25, 0.3) is 0 Å². The van der Waals surface area contributed by atoms with E-state index in [4.69, 9.17) is 5.11 Å². The Labute approximate surface area is 112 Å². The van der Waals surface area contributed by atoms with Crippen molar-refractivity contribution in [1.29, 1.82) is 0 Å². The van der Waals surface area contributed by atoms with Gasteiger partial charge in [0.1, 0.15) is 5.82 Å². The topological polar surface area (TPSA) is 66.4 Å². The SMILES string of the molecule is Cc1c(F)cc(CO)cc1S(=O)(=O)NC1CCCC1. The van der Waals surface area contributed by atoms with Gasteiger partial charge in [0.25, 0.3) is 0 Å². The Morgan fingerprint density at radius 2 is 2.00 bits per heavy atom. The van der Waals surface area contributed by atoms with Crippen LogP contribution in [0.3, 0.4) is 0 Å². The molecular weight excluding hydrogens is 269 g/mol. The first-order valence-electron chi connectivity index (χ1n) is 6.36. The molecule has 0 atom stereocenters. The monoisotopic (exact) mass is 287 g/mol. The summed E-state index contributed by atoms with van der Waals surface area (Å²) in [4.78, 5) is -0.0801. The molecule has 0 heterocycles. The lowest BCUT2D eigenvalue weighted by atomic mass is 10.1. The summed E-state index contributed by atoms with van der Waals surface area (Å²) in [5.74, 6) is -0.613. The summed E-state index contributed by atoms with van der Waals surface area (Å²) < 4.78 is 40.8. The maximum Gasteiger partial charge on any atom is 0.241 e. The predicted molar refractivity (Wildman–Crippen MR) is 69.6 cm³/mol. The number of halogens is 1. The third kappa shape index (κ3) is 3.13. The first-order chi connectivity index (χ1) is 8.94. The number of nitrogens with one attached hydrogen (secondary N) is 1. The molecule has 1 saturated carbocycles. The summed E-state index contributed by atoms with van der Waals surface area (Å²) in [7, 11) is -3.73. The summed E-state index contributed by atoms with van der Waals surface area (Å²) in [6.07, 6.45) is 3.66. The van der Waals surface area contributed by atoms with Gasteiger partial charge >= 0.3 is 0 Å². The first-order valence-corrected chi connectivity index (χ1v) is 7.84. The molecule has 106 valence electrons. The molecule has 6 heteroatoms. The molecule has 2 rings (SSSR count). The van der Waals surface area contributed by atoms with Crippen molar-refractivity contribution >= 4 is 10.0 Å². The van der Waals surface area contributed by atoms with Gasteiger partial charge in [-0.25, -0.2) is 17.5 Å². The maximum absolute atomic E-state index is 13.7. The second-order valence-electron chi connectivity index (χ2n) is 4.96. The Morgan fingerprint density at radius 1 is 1.37 bits per heavy atom. The van der Waals surface area contributed by atoms with E-state index in [0.717, 1.165) is 31.7 Å². The number of aliphatic hydroxyl groups excluding tert-OH is 1. The Kier molecular flexibility index (Phi) is 4.23. The van der Waals surface area contributed by atoms with Gasteiger partial charge in [-0.15, -0.1) is 0 Å². The molecule has 0 spiro atoms. The number of sulfonamides is 1. The molecule has 19 heavy (non-hydrogen) atoms. The molecule has 1 aromatic carbocycles. The molecule has 0 bridgehead atoms. The van der Waals surface area contributed by atoms with Gasteiger partial charge in [-0.1, -0.05) is 12.8 Å². The molecule has 0 aliphatic heterocycles. The molecule has 2 N–H and O–H groups in total. The van der Waals surface area contributed by atoms with E-state index in [2.05, 4.69) is 4.72 Å². The van der Waals surface area contributed by atoms with Crippen LogP contribution in [0.5, 0.6) is 0 Å². The second kappa shape index (κ2) is 5.56. The van der Waals surface area contributed by atoms with Gasteiger partial charge in [0.2, 0.25) is 10.0 Å². The molecule has 0 radical (unpaired) electrons. The van der Waals surface area contributed by atoms with Gasteiger partial charge in [-0.3, -0.25) is 0 Å². The zero-order valence-corrected chi connectivity index (χ0v) is 11.6. The first kappa shape index (κ1) is 14.4. The highest BCUT2D eigenvalue weighted by molar-refractivity contribution is 7.89. The molecule has 0 unspecified atom stereocenters. The molecule has 4 nitrogen and oxygen atoms in total. The van der Waals surface area contributed by atoms with Crippen LogP contribution < -0.4 is 4.72 Å². The van der Waals surface area contributed by atoms with Crippen LogP contribution in [0, 0.1) is 12.7 Å². The fourth-order valence-electron chi connectivity index (χ4n) is 2.40. The van der Waals surface area contributed by atoms with Crippen LogP contribution in [0.2, 0.25) is 0 Å². The minimum atomic E-state index is -3.73. The number of aliphatic hydroxyl groups is 1. The third-order valence-electron chi connectivity index (χ3n) is 3.51. The third-order valence-corrected chi connectivity index (χ3v) is 5.15. The van der Waals surface area contributed by atoms with E-state index in [0.29, 0.717) is 0 Å². The standard InChI is InChI=1S/C13H18FNO3S/c1-9-12(14)6-10(8-16)7-13(9)19(17,18)15-11-4-2-3-5-11/h6-7,11,15-16H,2-5,8H2,1H3. The van der Waals surface area contributed by atoms with Gasteiger partial charge in [0.15, 0.2) is 0 Å². The number of benzene rings is 1. The summed E-state index contributed by atoms with van der Waals surface area (Å²) in [6.45, 7) is 1.04. The van der Waals surface area contributed by atoms with Crippen molar-refractivity contribution in [3.05, 3.63) is 29.1 Å². The van der Waals surface area contributed by atoms with Gasteiger partial charge < -0.3 is 5.11 Å². The molecule has 1 aromatic rings. The minimum Gasteiger partial charge on any atom is -0.392 e. The normalized spacial score (nSPS) is 17.0. The molecular formula is C13H18FNO3S. The highest BCUT2D eigenvalue weighted by atomic mass is 32.2. The van der Waals surface area contributed by atoms with Gasteiger partial charge in [-0.05, 0) is 37.5 Å². The average Bonchev–Trinajstić information content (AvgIpc) is 2.84. The number of rotatable bonds is 4. The number of hydrogen-bond acceptors (Lipinski definition) is 3. The fourth-order valence-corrected chi connectivity index (χ4v) is 4.01. The Bertz CT molecular complexity index is 565. The van der Waals surface area contributed by atoms with Crippen molar-refractivity contribution in [3.63, 3.8) is 0 Å². The lowest BCUT2D eigenvalue weighted by molar-refractivity contribution is 0.281. The summed E-state index contributed by atoms with van der Waals surface area (Å²) in [5.41, 5.74) is 0.345. The zero-order chi connectivity index (χ0) is 14.0. The van der Waals surface area contributed by atoms with Crippen molar-refractivity contribution in [2.24, 2.45) is 0 Å². The van der Waals surface area contributed by atoms with Crippen molar-refractivity contribution < 1.29 is 17.9 Å². The molecule has 1 aliphatic carbocycles. The maximum atomic E-state index is 13.7. The number of hydrogen-bond donors (Lipinski definition) is 2. The van der Waals surface area contributed by atoms with Gasteiger partial charge in [-0.2, -0.15) is 0 Å². The smallest absolute Gasteiger partial charge is 0.241 e. The van der Waals surface area contributed by atoms with Gasteiger partial charge in [0, 0.05) is 11.6 Å². The van der Waals surface area contributed by atoms with E-state index in [1.54, 1.807) is 0 Å². The Balaban J connectivity index is 2.36. The van der Waals surface area contributed by atoms with E-state index in [-0.39, 0.29) is 28.7 Å². The Morgan fingerprint density at radius 3 is 2.58 bits per heavy atom. The minimum absolute atomic E-state index is 0.0646. The van der Waals surface area contributed by atoms with E-state index < -0.39 is 15.8 Å².